The summed E-state index contributed by atoms with van der Waals surface area (Å²) in [5.74, 6) is -1.45. The molecule has 1 unspecified atom stereocenters. The van der Waals surface area contributed by atoms with Crippen LogP contribution < -0.4 is 10.1 Å². The van der Waals surface area contributed by atoms with Crippen molar-refractivity contribution in [3.63, 3.8) is 0 Å². The van der Waals surface area contributed by atoms with E-state index in [1.807, 2.05) is 0 Å². The molecule has 0 bridgehead atoms. The van der Waals surface area contributed by atoms with Gasteiger partial charge in [0.2, 0.25) is 0 Å². The van der Waals surface area contributed by atoms with Gasteiger partial charge in [0.05, 0.1) is 23.6 Å². The van der Waals surface area contributed by atoms with E-state index in [4.69, 9.17) is 4.74 Å². The molecular weight excluding hydrogens is 340 g/mol. The maximum Gasteiger partial charge on any atom is 0.293 e. The highest BCUT2D eigenvalue weighted by atomic mass is 16.6. The van der Waals surface area contributed by atoms with Crippen LogP contribution >= 0.6 is 0 Å². The summed E-state index contributed by atoms with van der Waals surface area (Å²) in [6.07, 6.45) is 0. The number of amides is 1. The van der Waals surface area contributed by atoms with E-state index >= 15 is 0 Å². The molecule has 1 saturated heterocycles. The van der Waals surface area contributed by atoms with Crippen LogP contribution in [0.4, 0.5) is 5.69 Å². The van der Waals surface area contributed by atoms with E-state index in [1.54, 1.807) is 24.3 Å². The Kier molecular flexibility index (Phi) is 4.40. The van der Waals surface area contributed by atoms with E-state index in [2.05, 4.69) is 5.32 Å². The molecule has 1 amide bonds. The molecule has 1 aliphatic rings. The van der Waals surface area contributed by atoms with E-state index in [0.717, 1.165) is 0 Å². The monoisotopic (exact) mass is 354 g/mol. The average molecular weight is 354 g/mol. The molecule has 0 aromatic heterocycles. The Morgan fingerprint density at radius 1 is 1.12 bits per heavy atom. The Hall–Kier alpha value is -3.68. The van der Waals surface area contributed by atoms with Gasteiger partial charge in [-0.15, -0.1) is 0 Å². The molecule has 1 aliphatic heterocycles. The Bertz CT molecular complexity index is 916. The number of aliphatic hydroxyl groups excluding tert-OH is 1. The van der Waals surface area contributed by atoms with Crippen LogP contribution in [0.2, 0.25) is 0 Å². The number of hydrogen-bond donors (Lipinski definition) is 2. The van der Waals surface area contributed by atoms with E-state index < -0.39 is 22.7 Å². The largest absolute Gasteiger partial charge is 0.507 e. The van der Waals surface area contributed by atoms with Crippen molar-refractivity contribution >= 4 is 23.1 Å². The summed E-state index contributed by atoms with van der Waals surface area (Å²) in [5, 5.41) is 23.8. The zero-order valence-corrected chi connectivity index (χ0v) is 13.6. The average Bonchev–Trinajstić information content (AvgIpc) is 2.96. The van der Waals surface area contributed by atoms with Crippen LogP contribution in [-0.2, 0) is 9.59 Å². The minimum absolute atomic E-state index is 0.103. The molecule has 2 aromatic rings. The van der Waals surface area contributed by atoms with E-state index in [0.29, 0.717) is 16.9 Å². The molecule has 8 nitrogen and oxygen atoms in total. The highest BCUT2D eigenvalue weighted by Gasteiger charge is 2.39. The van der Waals surface area contributed by atoms with E-state index in [1.165, 1.54) is 31.4 Å². The summed E-state index contributed by atoms with van der Waals surface area (Å²) in [5.41, 5.74) is 0.575. The number of rotatable bonds is 4. The van der Waals surface area contributed by atoms with Crippen molar-refractivity contribution in [1.82, 2.24) is 5.32 Å². The summed E-state index contributed by atoms with van der Waals surface area (Å²) in [4.78, 5) is 34.3. The second kappa shape index (κ2) is 6.67. The van der Waals surface area contributed by atoms with Crippen molar-refractivity contribution in [2.24, 2.45) is 0 Å². The summed E-state index contributed by atoms with van der Waals surface area (Å²) >= 11 is 0. The normalized spacial score (nSPS) is 18.4. The molecular formula is C18H14N2O6. The first kappa shape index (κ1) is 17.2. The zero-order chi connectivity index (χ0) is 18.8. The number of nitrogens with zero attached hydrogens (tertiary/aromatic N) is 1. The topological polar surface area (TPSA) is 119 Å². The van der Waals surface area contributed by atoms with Crippen LogP contribution in [0.15, 0.2) is 54.1 Å². The van der Waals surface area contributed by atoms with Crippen molar-refractivity contribution in [1.29, 1.82) is 0 Å². The molecule has 1 heterocycles. The van der Waals surface area contributed by atoms with Crippen LogP contribution in [0, 0.1) is 10.1 Å². The smallest absolute Gasteiger partial charge is 0.293 e. The van der Waals surface area contributed by atoms with Crippen molar-refractivity contribution in [3.05, 3.63) is 75.3 Å². The lowest BCUT2D eigenvalue weighted by Gasteiger charge is -2.13. The molecule has 0 saturated carbocycles. The van der Waals surface area contributed by atoms with E-state index in [-0.39, 0.29) is 17.0 Å². The van der Waals surface area contributed by atoms with E-state index in [9.17, 15) is 24.8 Å². The molecule has 2 aromatic carbocycles. The Labute approximate surface area is 147 Å². The highest BCUT2D eigenvalue weighted by Crippen LogP contribution is 2.33. The number of carbonyl (C=O) groups excluding carboxylic acids is 2. The first-order chi connectivity index (χ1) is 12.4. The Balaban J connectivity index is 2.04. The third-order valence-electron chi connectivity index (χ3n) is 4.07. The molecule has 0 radical (unpaired) electrons. The first-order valence-electron chi connectivity index (χ1n) is 7.59. The molecule has 1 fully saturated rings. The fourth-order valence-corrected chi connectivity index (χ4v) is 2.71. The summed E-state index contributed by atoms with van der Waals surface area (Å²) in [7, 11) is 1.50. The van der Waals surface area contributed by atoms with Crippen molar-refractivity contribution in [2.45, 2.75) is 6.04 Å². The van der Waals surface area contributed by atoms with Crippen molar-refractivity contribution in [2.75, 3.05) is 7.11 Å². The number of ether oxygens (including phenoxy) is 1. The van der Waals surface area contributed by atoms with Crippen molar-refractivity contribution < 1.29 is 24.4 Å². The van der Waals surface area contributed by atoms with Gasteiger partial charge in [-0.3, -0.25) is 19.7 Å². The number of carbonyl (C=O) groups is 2. The predicted octanol–water partition coefficient (Wildman–Crippen LogP) is 2.31. The lowest BCUT2D eigenvalue weighted by molar-refractivity contribution is -0.384. The lowest BCUT2D eigenvalue weighted by Crippen LogP contribution is -2.21. The van der Waals surface area contributed by atoms with Crippen LogP contribution in [-0.4, -0.2) is 28.8 Å². The molecule has 0 aliphatic carbocycles. The van der Waals surface area contributed by atoms with Gasteiger partial charge in [0.25, 0.3) is 17.4 Å². The maximum absolute atomic E-state index is 12.2. The minimum atomic E-state index is -0.891. The highest BCUT2D eigenvalue weighted by molar-refractivity contribution is 6.46. The van der Waals surface area contributed by atoms with Gasteiger partial charge in [0.1, 0.15) is 11.5 Å². The van der Waals surface area contributed by atoms with Crippen LogP contribution in [0.5, 0.6) is 5.75 Å². The number of methoxy groups -OCH3 is 1. The predicted molar refractivity (Wildman–Crippen MR) is 91.5 cm³/mol. The fraction of sp³-hybridized carbons (Fsp3) is 0.111. The van der Waals surface area contributed by atoms with Crippen LogP contribution in [0.25, 0.3) is 5.76 Å². The maximum atomic E-state index is 12.2. The SMILES string of the molecule is COc1ccc(C(O)=C2C(=O)C(=O)NC2c2ccc([N+](=O)[O-])cc2)cc1. The van der Waals surface area contributed by atoms with Gasteiger partial charge in [-0.2, -0.15) is 0 Å². The van der Waals surface area contributed by atoms with Gasteiger partial charge in [-0.05, 0) is 42.0 Å². The number of Topliss-reactive ketones (excluding diaryl/α,β-unsaturated/α-hetero) is 1. The standard InChI is InChI=1S/C18H14N2O6/c1-26-13-8-4-11(5-9-13)16(21)14-15(19-18(23)17(14)22)10-2-6-12(7-3-10)20(24)25/h2-9,15,21H,1H3,(H,19,23). The molecule has 2 N–H and O–H groups in total. The summed E-state index contributed by atoms with van der Waals surface area (Å²) in [6, 6.07) is 10.9. The number of hydrogen-bond acceptors (Lipinski definition) is 6. The molecule has 3 rings (SSSR count). The molecule has 1 atom stereocenters. The van der Waals surface area contributed by atoms with Crippen LogP contribution in [0.1, 0.15) is 17.2 Å². The quantitative estimate of drug-likeness (QED) is 0.286. The number of nitrogens with one attached hydrogen (secondary N) is 1. The number of ketones is 1. The zero-order valence-electron chi connectivity index (χ0n) is 13.6. The number of nitro groups is 1. The molecule has 26 heavy (non-hydrogen) atoms. The molecule has 0 spiro atoms. The minimum Gasteiger partial charge on any atom is -0.507 e. The molecule has 8 heteroatoms. The van der Waals surface area contributed by atoms with Crippen molar-refractivity contribution in [3.8, 4) is 5.75 Å². The second-order valence-electron chi connectivity index (χ2n) is 5.58. The summed E-state index contributed by atoms with van der Waals surface area (Å²) in [6.45, 7) is 0. The number of nitro benzene ring substituents is 1. The van der Waals surface area contributed by atoms with Crippen LogP contribution in [0.3, 0.4) is 0 Å². The van der Waals surface area contributed by atoms with Gasteiger partial charge in [-0.25, -0.2) is 0 Å². The van der Waals surface area contributed by atoms with Gasteiger partial charge in [0.15, 0.2) is 0 Å². The number of non-ortho nitro benzene ring substituents is 1. The number of benzene rings is 2. The first-order valence-corrected chi connectivity index (χ1v) is 7.59. The molecule has 132 valence electrons. The third kappa shape index (κ3) is 3.00. The fourth-order valence-electron chi connectivity index (χ4n) is 2.71. The van der Waals surface area contributed by atoms with Gasteiger partial charge >= 0.3 is 0 Å². The number of aliphatic hydroxyl groups is 1. The lowest BCUT2D eigenvalue weighted by atomic mass is 9.95. The van der Waals surface area contributed by atoms with Gasteiger partial charge in [0, 0.05) is 17.7 Å². The second-order valence-corrected chi connectivity index (χ2v) is 5.58. The van der Waals surface area contributed by atoms with Gasteiger partial charge < -0.3 is 15.2 Å². The Morgan fingerprint density at radius 2 is 1.73 bits per heavy atom. The Morgan fingerprint density at radius 3 is 2.27 bits per heavy atom. The summed E-state index contributed by atoms with van der Waals surface area (Å²) < 4.78 is 5.05. The van der Waals surface area contributed by atoms with Gasteiger partial charge in [-0.1, -0.05) is 0 Å². The third-order valence-corrected chi connectivity index (χ3v) is 4.07.